The van der Waals surface area contributed by atoms with Gasteiger partial charge in [-0.25, -0.2) is 15.0 Å². The lowest BCUT2D eigenvalue weighted by Crippen LogP contribution is -2.23. The van der Waals surface area contributed by atoms with Crippen molar-refractivity contribution in [3.63, 3.8) is 0 Å². The molecule has 4 heteroatoms. The number of allylic oxidation sites excluding steroid dienone is 12. The Morgan fingerprint density at radius 3 is 2.19 bits per heavy atom. The molecule has 1 aromatic heterocycles. The average Bonchev–Trinajstić information content (AvgIpc) is 3.75. The Labute approximate surface area is 397 Å². The van der Waals surface area contributed by atoms with Crippen LogP contribution in [0.3, 0.4) is 0 Å². The summed E-state index contributed by atoms with van der Waals surface area (Å²) < 4.78 is 0. The smallest absolute Gasteiger partial charge is 0.165 e. The number of aromatic nitrogens is 3. The van der Waals surface area contributed by atoms with Crippen LogP contribution in [0.1, 0.15) is 106 Å². The summed E-state index contributed by atoms with van der Waals surface area (Å²) in [6.07, 6.45) is 17.5. The van der Waals surface area contributed by atoms with Crippen LogP contribution in [0.15, 0.2) is 204 Å². The molecule has 4 aliphatic carbocycles. The molecule has 6 aromatic rings. The highest BCUT2D eigenvalue weighted by Crippen LogP contribution is 2.55. The van der Waals surface area contributed by atoms with Gasteiger partial charge in [0.15, 0.2) is 17.5 Å². The molecule has 0 radical (unpaired) electrons. The van der Waals surface area contributed by atoms with Crippen molar-refractivity contribution in [2.45, 2.75) is 78.6 Å². The Morgan fingerprint density at radius 1 is 0.761 bits per heavy atom. The lowest BCUT2D eigenvalue weighted by Gasteiger charge is -2.36. The van der Waals surface area contributed by atoms with E-state index in [1.165, 1.54) is 66.9 Å². The summed E-state index contributed by atoms with van der Waals surface area (Å²) in [5.41, 5.74) is 23.0. The van der Waals surface area contributed by atoms with E-state index in [-0.39, 0.29) is 11.3 Å². The second-order valence-corrected chi connectivity index (χ2v) is 19.5. The van der Waals surface area contributed by atoms with E-state index in [1.807, 2.05) is 24.3 Å². The second kappa shape index (κ2) is 16.9. The molecule has 3 atom stereocenters. The molecule has 4 nitrogen and oxygen atoms in total. The van der Waals surface area contributed by atoms with E-state index in [9.17, 15) is 0 Å². The lowest BCUT2D eigenvalue weighted by molar-refractivity contribution is 0.655. The van der Waals surface area contributed by atoms with Gasteiger partial charge in [-0.3, -0.25) is 0 Å². The first kappa shape index (κ1) is 42.5. The van der Waals surface area contributed by atoms with E-state index >= 15 is 0 Å². The van der Waals surface area contributed by atoms with Crippen LogP contribution >= 0.6 is 0 Å². The van der Waals surface area contributed by atoms with Crippen molar-refractivity contribution in [3.05, 3.63) is 244 Å². The van der Waals surface area contributed by atoms with E-state index in [0.717, 1.165) is 53.8 Å². The number of fused-ring (bicyclic) bond motifs is 5. The van der Waals surface area contributed by atoms with Gasteiger partial charge in [0, 0.05) is 45.3 Å². The van der Waals surface area contributed by atoms with Crippen LogP contribution < -0.4 is 4.90 Å². The molecule has 0 fully saturated rings. The lowest BCUT2D eigenvalue weighted by atomic mass is 9.69. The largest absolute Gasteiger partial charge is 0.312 e. The third-order valence-electron chi connectivity index (χ3n) is 15.2. The summed E-state index contributed by atoms with van der Waals surface area (Å²) in [7, 11) is 0. The number of hydrogen-bond donors (Lipinski definition) is 0. The van der Waals surface area contributed by atoms with Gasteiger partial charge in [0.05, 0.1) is 5.70 Å². The predicted octanol–water partition coefficient (Wildman–Crippen LogP) is 15.6. The molecule has 0 saturated heterocycles. The molecule has 0 amide bonds. The zero-order valence-electron chi connectivity index (χ0n) is 39.6. The molecule has 0 N–H and O–H groups in total. The highest BCUT2D eigenvalue weighted by atomic mass is 15.2. The molecule has 0 saturated carbocycles. The first-order valence-electron chi connectivity index (χ1n) is 24.2. The van der Waals surface area contributed by atoms with E-state index in [2.05, 4.69) is 193 Å². The Kier molecular flexibility index (Phi) is 10.7. The molecule has 5 aromatic carbocycles. The summed E-state index contributed by atoms with van der Waals surface area (Å²) in [5, 5.41) is 0. The Morgan fingerprint density at radius 2 is 1.46 bits per heavy atom. The van der Waals surface area contributed by atoms with Crippen molar-refractivity contribution in [3.8, 4) is 22.5 Å². The van der Waals surface area contributed by atoms with Gasteiger partial charge in [0.25, 0.3) is 0 Å². The van der Waals surface area contributed by atoms with Crippen molar-refractivity contribution in [1.29, 1.82) is 0 Å². The van der Waals surface area contributed by atoms with E-state index in [4.69, 9.17) is 15.0 Å². The summed E-state index contributed by atoms with van der Waals surface area (Å²) in [6.45, 7) is 18.4. The first-order valence-corrected chi connectivity index (χ1v) is 24.2. The number of nitrogens with zero attached hydrogens (tertiary/aromatic N) is 4. The normalized spacial score (nSPS) is 21.3. The van der Waals surface area contributed by atoms with Gasteiger partial charge < -0.3 is 4.90 Å². The van der Waals surface area contributed by atoms with Crippen molar-refractivity contribution < 1.29 is 0 Å². The highest BCUT2D eigenvalue weighted by Gasteiger charge is 2.41. The topological polar surface area (TPSA) is 41.9 Å². The minimum Gasteiger partial charge on any atom is -0.312 e. The molecule has 0 spiro atoms. The highest BCUT2D eigenvalue weighted by molar-refractivity contribution is 5.91. The molecule has 11 rings (SSSR count). The third-order valence-corrected chi connectivity index (χ3v) is 15.2. The molecular weight excluding hydrogens is 813 g/mol. The van der Waals surface area contributed by atoms with Gasteiger partial charge in [0.1, 0.15) is 0 Å². The van der Waals surface area contributed by atoms with Gasteiger partial charge in [-0.05, 0) is 125 Å². The minimum atomic E-state index is -0.0577. The number of benzene rings is 5. The summed E-state index contributed by atoms with van der Waals surface area (Å²) in [5.74, 6) is 2.72. The standard InChI is InChI=1S/C63H58N4/c1-8-48(44-32-33-50-52(42-23-13-10-14-24-42)36-46-37-57-55(38-53(46)54(50)35-44)51-30-19-20-31-56(51)63(57,6)7)58-40(4)41(5)59(67(58)47-28-17-12-18-29-47)49(9-2)62-65-60(43-25-15-11-16-26-43)64-61(66-62)45-27-21-22-39(3)34-45/h8-21,23-31,34-35,37-39,41,52H,2,22,32-33,36H2,1,3-7H3. The molecule has 1 aliphatic heterocycles. The van der Waals surface area contributed by atoms with Gasteiger partial charge in [-0.2, -0.15) is 0 Å². The maximum absolute atomic E-state index is 5.30. The van der Waals surface area contributed by atoms with Gasteiger partial charge in [0.2, 0.25) is 0 Å². The van der Waals surface area contributed by atoms with Crippen LogP contribution in [0.5, 0.6) is 0 Å². The van der Waals surface area contributed by atoms with E-state index < -0.39 is 0 Å². The number of anilines is 1. The van der Waals surface area contributed by atoms with Gasteiger partial charge in [-0.1, -0.05) is 185 Å². The van der Waals surface area contributed by atoms with Gasteiger partial charge in [-0.15, -0.1) is 0 Å². The molecule has 0 bridgehead atoms. The average molecular weight is 871 g/mol. The monoisotopic (exact) mass is 870 g/mol. The second-order valence-electron chi connectivity index (χ2n) is 19.5. The van der Waals surface area contributed by atoms with Crippen LogP contribution in [0.25, 0.3) is 39.2 Å². The van der Waals surface area contributed by atoms with Crippen molar-refractivity contribution in [2.24, 2.45) is 11.8 Å². The number of hydrogen-bond acceptors (Lipinski definition) is 4. The SMILES string of the molecule is C=CC(=C1C(C)C(C)=C(C(=CC)C2=CC3=C(CC2)C(c2ccccc2)Cc2cc4c(cc23)-c2ccccc2C4(C)C)N1c1ccccc1)c1nc(C2=CC(C)CC=C2)nc(-c2ccccc2)n1. The van der Waals surface area contributed by atoms with Crippen molar-refractivity contribution >= 4 is 22.4 Å². The van der Waals surface area contributed by atoms with Crippen LogP contribution in [0.2, 0.25) is 0 Å². The Hall–Kier alpha value is -7.17. The van der Waals surface area contributed by atoms with E-state index in [0.29, 0.717) is 29.3 Å². The summed E-state index contributed by atoms with van der Waals surface area (Å²) in [4.78, 5) is 18.2. The quantitative estimate of drug-likeness (QED) is 0.153. The predicted molar refractivity (Wildman–Crippen MR) is 279 cm³/mol. The minimum absolute atomic E-state index is 0.0372. The molecule has 2 heterocycles. The zero-order chi connectivity index (χ0) is 46.0. The molecule has 67 heavy (non-hydrogen) atoms. The molecular formula is C63H58N4. The number of rotatable bonds is 8. The van der Waals surface area contributed by atoms with Gasteiger partial charge >= 0.3 is 0 Å². The fraction of sp³-hybridized carbons (Fsp3) is 0.222. The van der Waals surface area contributed by atoms with E-state index in [1.54, 1.807) is 5.57 Å². The third kappa shape index (κ3) is 7.17. The molecule has 5 aliphatic rings. The first-order chi connectivity index (χ1) is 32.6. The summed E-state index contributed by atoms with van der Waals surface area (Å²) in [6, 6.07) is 46.5. The number of para-hydroxylation sites is 1. The van der Waals surface area contributed by atoms with Crippen molar-refractivity contribution in [2.75, 3.05) is 4.90 Å². The van der Waals surface area contributed by atoms with Crippen LogP contribution in [-0.2, 0) is 11.8 Å². The maximum atomic E-state index is 5.30. The van der Waals surface area contributed by atoms with Crippen molar-refractivity contribution in [1.82, 2.24) is 15.0 Å². The zero-order valence-corrected chi connectivity index (χ0v) is 39.6. The fourth-order valence-electron chi connectivity index (χ4n) is 11.7. The molecule has 3 unspecified atom stereocenters. The van der Waals surface area contributed by atoms with Crippen LogP contribution in [-0.4, -0.2) is 15.0 Å². The van der Waals surface area contributed by atoms with Crippen LogP contribution in [0, 0.1) is 11.8 Å². The maximum Gasteiger partial charge on any atom is 0.165 e. The van der Waals surface area contributed by atoms with Crippen LogP contribution in [0.4, 0.5) is 5.69 Å². The Bertz CT molecular complexity index is 3210. The summed E-state index contributed by atoms with van der Waals surface area (Å²) >= 11 is 0. The molecule has 330 valence electrons. The fourth-order valence-corrected chi connectivity index (χ4v) is 11.7. The Balaban J connectivity index is 1.08.